The predicted molar refractivity (Wildman–Crippen MR) is 120 cm³/mol. The van der Waals surface area contributed by atoms with Crippen LogP contribution in [-0.2, 0) is 14.5 Å². The lowest BCUT2D eigenvalue weighted by molar-refractivity contribution is -0.384. The van der Waals surface area contributed by atoms with Gasteiger partial charge in [0.1, 0.15) is 16.3 Å². The van der Waals surface area contributed by atoms with Crippen LogP contribution in [0, 0.1) is 22.0 Å². The van der Waals surface area contributed by atoms with Gasteiger partial charge in [-0.05, 0) is 34.4 Å². The molecule has 1 saturated heterocycles. The highest BCUT2D eigenvalue weighted by Gasteiger charge is 2.68. The number of carbonyl (C=O) groups excluding carboxylic acids is 2. The Bertz CT molecular complexity index is 1340. The molecule has 1 heterocycles. The smallest absolute Gasteiger partial charge is 0.297 e. The number of halogens is 1. The number of amides is 2. The molecule has 7 nitrogen and oxygen atoms in total. The quantitative estimate of drug-likeness (QED) is 0.251. The molecule has 0 N–H and O–H groups in total. The van der Waals surface area contributed by atoms with Crippen molar-refractivity contribution in [3.8, 4) is 5.75 Å². The Hall–Kier alpha value is -3.71. The maximum Gasteiger partial charge on any atom is 0.297 e. The van der Waals surface area contributed by atoms with Crippen LogP contribution in [-0.4, -0.2) is 23.8 Å². The van der Waals surface area contributed by atoms with Crippen LogP contribution in [0.5, 0.6) is 5.75 Å². The number of imide groups is 1. The topological polar surface area (TPSA) is 89.8 Å². The van der Waals surface area contributed by atoms with E-state index < -0.39 is 33.4 Å². The molecule has 3 aromatic carbocycles. The lowest BCUT2D eigenvalue weighted by Crippen LogP contribution is -2.50. The minimum atomic E-state index is -1.24. The van der Waals surface area contributed by atoms with E-state index in [0.29, 0.717) is 0 Å². The molecule has 0 aromatic heterocycles. The molecule has 2 bridgehead atoms. The van der Waals surface area contributed by atoms with Crippen molar-refractivity contribution < 1.29 is 19.2 Å². The van der Waals surface area contributed by atoms with Gasteiger partial charge >= 0.3 is 0 Å². The Morgan fingerprint density at radius 1 is 0.970 bits per heavy atom. The van der Waals surface area contributed by atoms with Crippen molar-refractivity contribution >= 4 is 34.8 Å². The molecule has 0 unspecified atom stereocenters. The van der Waals surface area contributed by atoms with Crippen LogP contribution in [0.4, 0.5) is 11.4 Å². The first-order chi connectivity index (χ1) is 15.9. The molecular weight excluding hydrogens is 444 g/mol. The second kappa shape index (κ2) is 6.65. The van der Waals surface area contributed by atoms with Gasteiger partial charge in [-0.25, -0.2) is 4.90 Å². The van der Waals surface area contributed by atoms with E-state index in [4.69, 9.17) is 16.3 Å². The van der Waals surface area contributed by atoms with Crippen LogP contribution >= 0.6 is 11.6 Å². The standard InChI is InChI=1S/C25H17ClN2O5/c1-33-13-10-11-18(19(12-13)28(31)32)27-23(29)21-20-14-6-2-4-8-16(14)25(26,22(21)24(27)30)17-9-5-3-7-15(17)20/h2-12,20-22H,1H3/t20?,21-,22-,25?/m0/s1. The third-order valence-corrected chi connectivity index (χ3v) is 7.78. The number of hydrogen-bond donors (Lipinski definition) is 0. The molecular formula is C25H17ClN2O5. The number of carbonyl (C=O) groups is 2. The molecule has 0 spiro atoms. The molecule has 8 heteroatoms. The fourth-order valence-electron chi connectivity index (χ4n) is 5.88. The number of rotatable bonds is 3. The Kier molecular flexibility index (Phi) is 4.02. The number of nitro benzene ring substituents is 1. The Morgan fingerprint density at radius 3 is 2.15 bits per heavy atom. The van der Waals surface area contributed by atoms with Gasteiger partial charge in [-0.3, -0.25) is 19.7 Å². The first-order valence-corrected chi connectivity index (χ1v) is 10.8. The van der Waals surface area contributed by atoms with Gasteiger partial charge in [-0.15, -0.1) is 11.6 Å². The number of benzene rings is 3. The number of alkyl halides is 1. The van der Waals surface area contributed by atoms with Gasteiger partial charge in [-0.2, -0.15) is 0 Å². The summed E-state index contributed by atoms with van der Waals surface area (Å²) in [6, 6.07) is 19.3. The van der Waals surface area contributed by atoms with Gasteiger partial charge in [0.05, 0.1) is 29.9 Å². The van der Waals surface area contributed by atoms with E-state index in [1.54, 1.807) is 0 Å². The van der Waals surface area contributed by atoms with Crippen molar-refractivity contribution in [2.24, 2.45) is 11.8 Å². The van der Waals surface area contributed by atoms with Crippen LogP contribution in [0.25, 0.3) is 0 Å². The van der Waals surface area contributed by atoms with Crippen molar-refractivity contribution in [3.63, 3.8) is 0 Å². The van der Waals surface area contributed by atoms with Crippen LogP contribution in [0.2, 0.25) is 0 Å². The van der Waals surface area contributed by atoms with Crippen LogP contribution in [0.15, 0.2) is 66.7 Å². The molecule has 4 aliphatic rings. The van der Waals surface area contributed by atoms with Crippen molar-refractivity contribution in [2.45, 2.75) is 10.8 Å². The van der Waals surface area contributed by atoms with Crippen LogP contribution < -0.4 is 9.64 Å². The zero-order chi connectivity index (χ0) is 23.1. The number of methoxy groups -OCH3 is 1. The van der Waals surface area contributed by atoms with E-state index in [1.165, 1.54) is 25.3 Å². The van der Waals surface area contributed by atoms with E-state index in [2.05, 4.69) is 0 Å². The number of hydrogen-bond acceptors (Lipinski definition) is 5. The van der Waals surface area contributed by atoms with Crippen molar-refractivity contribution in [1.82, 2.24) is 0 Å². The monoisotopic (exact) mass is 460 g/mol. The average Bonchev–Trinajstić information content (AvgIpc) is 3.10. The van der Waals surface area contributed by atoms with Gasteiger partial charge < -0.3 is 4.74 Å². The molecule has 33 heavy (non-hydrogen) atoms. The Labute approximate surface area is 193 Å². The minimum absolute atomic E-state index is 0.0713. The van der Waals surface area contributed by atoms with Gasteiger partial charge in [0, 0.05) is 5.92 Å². The lowest BCUT2D eigenvalue weighted by atomic mass is 9.54. The number of nitrogens with zero attached hydrogens (tertiary/aromatic N) is 2. The Morgan fingerprint density at radius 2 is 1.58 bits per heavy atom. The van der Waals surface area contributed by atoms with Gasteiger partial charge in [0.15, 0.2) is 0 Å². The molecule has 2 atom stereocenters. The molecule has 3 aromatic rings. The minimum Gasteiger partial charge on any atom is -0.496 e. The fourth-order valence-corrected chi connectivity index (χ4v) is 6.46. The summed E-state index contributed by atoms with van der Waals surface area (Å²) < 4.78 is 5.10. The maximum absolute atomic E-state index is 13.9. The summed E-state index contributed by atoms with van der Waals surface area (Å²) >= 11 is 7.37. The second-order valence-electron chi connectivity index (χ2n) is 8.49. The summed E-state index contributed by atoms with van der Waals surface area (Å²) in [5.74, 6) is -2.72. The maximum atomic E-state index is 13.9. The highest BCUT2D eigenvalue weighted by molar-refractivity contribution is 6.33. The van der Waals surface area contributed by atoms with Crippen LogP contribution in [0.1, 0.15) is 28.2 Å². The molecule has 2 amide bonds. The molecule has 0 saturated carbocycles. The lowest BCUT2D eigenvalue weighted by Gasteiger charge is -2.50. The molecule has 7 rings (SSSR count). The summed E-state index contributed by atoms with van der Waals surface area (Å²) in [5.41, 5.74) is 3.01. The van der Waals surface area contributed by atoms with E-state index in [1.807, 2.05) is 48.5 Å². The van der Waals surface area contributed by atoms with Crippen molar-refractivity contribution in [2.75, 3.05) is 12.0 Å². The molecule has 0 radical (unpaired) electrons. The van der Waals surface area contributed by atoms with E-state index in [-0.39, 0.29) is 23.0 Å². The first kappa shape index (κ1) is 19.9. The summed E-state index contributed by atoms with van der Waals surface area (Å²) in [6.45, 7) is 0. The van der Waals surface area contributed by atoms with Gasteiger partial charge in [-0.1, -0.05) is 48.5 Å². The van der Waals surface area contributed by atoms with E-state index >= 15 is 0 Å². The van der Waals surface area contributed by atoms with E-state index in [0.717, 1.165) is 27.2 Å². The molecule has 1 aliphatic heterocycles. The highest BCUT2D eigenvalue weighted by atomic mass is 35.5. The fraction of sp³-hybridized carbons (Fsp3) is 0.200. The predicted octanol–water partition coefficient (Wildman–Crippen LogP) is 4.35. The Balaban J connectivity index is 1.59. The first-order valence-electron chi connectivity index (χ1n) is 10.5. The third kappa shape index (κ3) is 2.35. The summed E-state index contributed by atoms with van der Waals surface area (Å²) in [7, 11) is 1.39. The molecule has 164 valence electrons. The summed E-state index contributed by atoms with van der Waals surface area (Å²) in [5, 5.41) is 11.8. The molecule has 1 fully saturated rings. The normalized spacial score (nSPS) is 26.6. The van der Waals surface area contributed by atoms with E-state index in [9.17, 15) is 19.7 Å². The number of anilines is 1. The average molecular weight is 461 g/mol. The second-order valence-corrected chi connectivity index (χ2v) is 9.09. The van der Waals surface area contributed by atoms with Gasteiger partial charge in [0.25, 0.3) is 5.69 Å². The van der Waals surface area contributed by atoms with Crippen molar-refractivity contribution in [3.05, 3.63) is 99.1 Å². The van der Waals surface area contributed by atoms with Gasteiger partial charge in [0.2, 0.25) is 11.8 Å². The highest BCUT2D eigenvalue weighted by Crippen LogP contribution is 2.66. The van der Waals surface area contributed by atoms with Crippen molar-refractivity contribution in [1.29, 1.82) is 0 Å². The largest absolute Gasteiger partial charge is 0.496 e. The summed E-state index contributed by atoms with van der Waals surface area (Å²) in [4.78, 5) is 38.6. The number of ether oxygens (including phenoxy) is 1. The third-order valence-electron chi connectivity index (χ3n) is 7.13. The summed E-state index contributed by atoms with van der Waals surface area (Å²) in [6.07, 6.45) is 0. The number of nitro groups is 1. The zero-order valence-electron chi connectivity index (χ0n) is 17.4. The van der Waals surface area contributed by atoms with Crippen LogP contribution in [0.3, 0.4) is 0 Å². The zero-order valence-corrected chi connectivity index (χ0v) is 18.2. The SMILES string of the molecule is COc1ccc(N2C(=O)[C@@H]3[C@@H](C2=O)C2c4ccccc4C3(Cl)c3ccccc32)c([N+](=O)[O-])c1. The molecule has 3 aliphatic carbocycles.